The lowest BCUT2D eigenvalue weighted by Gasteiger charge is -2.61. The van der Waals surface area contributed by atoms with E-state index in [-0.39, 0.29) is 58.0 Å². The summed E-state index contributed by atoms with van der Waals surface area (Å²) in [5, 5.41) is 10.6. The number of carbonyl (C=O) groups excluding carboxylic acids is 1. The first-order valence-corrected chi connectivity index (χ1v) is 17.6. The quantitative estimate of drug-likeness (QED) is 0.355. The molecule has 1 amide bonds. The predicted octanol–water partition coefficient (Wildman–Crippen LogP) is 5.52. The summed E-state index contributed by atoms with van der Waals surface area (Å²) in [6, 6.07) is 13.3. The number of morpholine rings is 1. The highest BCUT2D eigenvalue weighted by molar-refractivity contribution is 6.40. The number of piperidine rings is 1. The largest absolute Gasteiger partial charge is 0.478 e. The molecule has 4 unspecified atom stereocenters. The summed E-state index contributed by atoms with van der Waals surface area (Å²) < 4.78 is 33.0. The molecule has 13 heteroatoms. The molecule has 7 heterocycles. The van der Waals surface area contributed by atoms with Crippen molar-refractivity contribution in [3.05, 3.63) is 75.0 Å². The first-order chi connectivity index (χ1) is 23.7. The lowest BCUT2D eigenvalue weighted by Crippen LogP contribution is -2.74. The van der Waals surface area contributed by atoms with Gasteiger partial charge in [-0.3, -0.25) is 9.69 Å². The number of aromatic carboxylic acids is 1. The second-order valence-corrected chi connectivity index (χ2v) is 14.7. The molecule has 4 atom stereocenters. The van der Waals surface area contributed by atoms with Crippen LogP contribution in [0.15, 0.2) is 42.5 Å². The van der Waals surface area contributed by atoms with E-state index in [0.29, 0.717) is 53.9 Å². The van der Waals surface area contributed by atoms with Crippen molar-refractivity contribution < 1.29 is 33.3 Å². The van der Waals surface area contributed by atoms with Gasteiger partial charge in [-0.15, -0.1) is 0 Å². The number of carboxylic acids is 1. The first kappa shape index (κ1) is 31.4. The Morgan fingerprint density at radius 3 is 2.18 bits per heavy atom. The number of para-hydroxylation sites is 1. The maximum Gasteiger partial charge on any atom is 0.337 e. The van der Waals surface area contributed by atoms with Crippen LogP contribution in [0.2, 0.25) is 10.0 Å². The standard InChI is InChI=1S/C36H35Cl2FN4O6/c37-29-7-22(40-12-23-6-24(13-40)42(23)25-16-48-17-25)8-30(38)33(29)35(44)41-11-19-2-1-3-26(34(19)49-18-41)27-10-32(28(36(45)46)9-31(27)39)43-20-4-5-21(43)15-47-14-20/h1-3,7-10,20-21,23-25H,4-6,11-18H2,(H,45,46). The number of piperazine rings is 1. The number of amides is 1. The zero-order valence-corrected chi connectivity index (χ0v) is 28.1. The summed E-state index contributed by atoms with van der Waals surface area (Å²) in [5.41, 5.74) is 2.93. The van der Waals surface area contributed by atoms with Crippen LogP contribution in [0.3, 0.4) is 0 Å². The molecule has 0 saturated carbocycles. The van der Waals surface area contributed by atoms with Crippen molar-refractivity contribution in [1.29, 1.82) is 0 Å². The number of fused-ring (bicyclic) bond motifs is 5. The fraction of sp³-hybridized carbons (Fsp3) is 0.444. The van der Waals surface area contributed by atoms with Gasteiger partial charge in [0, 0.05) is 47.6 Å². The van der Waals surface area contributed by atoms with Crippen LogP contribution in [0.4, 0.5) is 15.8 Å². The van der Waals surface area contributed by atoms with E-state index in [9.17, 15) is 14.7 Å². The van der Waals surface area contributed by atoms with Gasteiger partial charge in [-0.1, -0.05) is 41.4 Å². The van der Waals surface area contributed by atoms with Gasteiger partial charge in [0.1, 0.15) is 11.6 Å². The first-order valence-electron chi connectivity index (χ1n) is 16.8. The molecule has 6 fully saturated rings. The summed E-state index contributed by atoms with van der Waals surface area (Å²) in [6.07, 6.45) is 2.95. The highest BCUT2D eigenvalue weighted by atomic mass is 35.5. The Kier molecular flexibility index (Phi) is 7.70. The van der Waals surface area contributed by atoms with Gasteiger partial charge in [-0.05, 0) is 43.5 Å². The summed E-state index contributed by atoms with van der Waals surface area (Å²) in [5.74, 6) is -1.76. The molecule has 7 aliphatic heterocycles. The molecule has 4 bridgehead atoms. The molecule has 49 heavy (non-hydrogen) atoms. The van der Waals surface area contributed by atoms with Gasteiger partial charge in [0.05, 0.1) is 78.0 Å². The Morgan fingerprint density at radius 1 is 0.857 bits per heavy atom. The average molecular weight is 710 g/mol. The number of halogens is 3. The minimum atomic E-state index is -1.18. The number of carbonyl (C=O) groups is 2. The van der Waals surface area contributed by atoms with Gasteiger partial charge in [0.25, 0.3) is 5.91 Å². The van der Waals surface area contributed by atoms with E-state index in [1.165, 1.54) is 11.3 Å². The van der Waals surface area contributed by atoms with Crippen LogP contribution >= 0.6 is 23.2 Å². The van der Waals surface area contributed by atoms with Gasteiger partial charge < -0.3 is 34.0 Å². The monoisotopic (exact) mass is 708 g/mol. The molecule has 7 aliphatic rings. The van der Waals surface area contributed by atoms with Crippen molar-refractivity contribution in [3.63, 3.8) is 0 Å². The van der Waals surface area contributed by atoms with Crippen LogP contribution in [0.1, 0.15) is 45.5 Å². The molecular formula is C36H35Cl2FN4O6. The van der Waals surface area contributed by atoms with Crippen LogP contribution < -0.4 is 14.5 Å². The van der Waals surface area contributed by atoms with Crippen LogP contribution in [-0.2, 0) is 16.0 Å². The topological polar surface area (TPSA) is 95.0 Å². The average Bonchev–Trinajstić information content (AvgIpc) is 3.31. The molecule has 3 aromatic carbocycles. The highest BCUT2D eigenvalue weighted by Crippen LogP contribution is 2.44. The zero-order chi connectivity index (χ0) is 33.6. The van der Waals surface area contributed by atoms with E-state index in [0.717, 1.165) is 50.9 Å². The van der Waals surface area contributed by atoms with E-state index in [1.807, 2.05) is 18.2 Å². The lowest BCUT2D eigenvalue weighted by molar-refractivity contribution is -0.141. The third kappa shape index (κ3) is 5.16. The lowest BCUT2D eigenvalue weighted by atomic mass is 9.84. The summed E-state index contributed by atoms with van der Waals surface area (Å²) >= 11 is 13.5. The molecule has 0 radical (unpaired) electrons. The van der Waals surface area contributed by atoms with Gasteiger partial charge in [-0.2, -0.15) is 0 Å². The van der Waals surface area contributed by atoms with Gasteiger partial charge in [0.2, 0.25) is 0 Å². The molecule has 6 saturated heterocycles. The van der Waals surface area contributed by atoms with Crippen molar-refractivity contribution in [2.45, 2.75) is 56.0 Å². The molecule has 0 spiro atoms. The van der Waals surface area contributed by atoms with Crippen LogP contribution in [0.25, 0.3) is 11.1 Å². The molecule has 10 nitrogen and oxygen atoms in total. The zero-order valence-electron chi connectivity index (χ0n) is 26.6. The van der Waals surface area contributed by atoms with E-state index in [1.54, 1.807) is 18.2 Å². The Bertz CT molecular complexity index is 1820. The number of nitrogens with zero attached hydrogens (tertiary/aromatic N) is 4. The molecule has 256 valence electrons. The summed E-state index contributed by atoms with van der Waals surface area (Å²) in [6.45, 7) is 4.47. The SMILES string of the molecule is O=C(O)c1cc(F)c(-c2cccc3c2OCN(C(=O)c2c(Cl)cc(N4CC5CC(C4)N5C4COC4)cc2Cl)C3)cc1N1C2CCC1COC2. The summed E-state index contributed by atoms with van der Waals surface area (Å²) in [7, 11) is 0. The minimum absolute atomic E-state index is 0.0340. The Morgan fingerprint density at radius 2 is 1.53 bits per heavy atom. The number of rotatable bonds is 6. The Balaban J connectivity index is 0.964. The molecule has 0 aliphatic carbocycles. The van der Waals surface area contributed by atoms with Gasteiger partial charge >= 0.3 is 5.97 Å². The van der Waals surface area contributed by atoms with Crippen molar-refractivity contribution in [1.82, 2.24) is 9.80 Å². The number of ether oxygens (including phenoxy) is 3. The van der Waals surface area contributed by atoms with E-state index < -0.39 is 11.8 Å². The highest BCUT2D eigenvalue weighted by Gasteiger charge is 2.49. The predicted molar refractivity (Wildman–Crippen MR) is 182 cm³/mol. The second kappa shape index (κ2) is 12.0. The molecule has 0 aromatic heterocycles. The van der Waals surface area contributed by atoms with Crippen LogP contribution in [0.5, 0.6) is 5.75 Å². The number of anilines is 2. The molecule has 3 aromatic rings. The molecule has 10 rings (SSSR count). The second-order valence-electron chi connectivity index (χ2n) is 13.9. The number of benzene rings is 3. The number of hydrogen-bond donors (Lipinski definition) is 1. The maximum atomic E-state index is 15.7. The fourth-order valence-corrected chi connectivity index (χ4v) is 9.37. The van der Waals surface area contributed by atoms with Crippen LogP contribution in [0, 0.1) is 5.82 Å². The fourth-order valence-electron chi connectivity index (χ4n) is 8.74. The van der Waals surface area contributed by atoms with E-state index in [4.69, 9.17) is 37.4 Å². The summed E-state index contributed by atoms with van der Waals surface area (Å²) in [4.78, 5) is 34.6. The normalized spacial score (nSPS) is 26.1. The maximum absolute atomic E-state index is 15.7. The Hall–Kier alpha value is -3.61. The van der Waals surface area contributed by atoms with Gasteiger partial charge in [0.15, 0.2) is 6.73 Å². The number of carboxylic acid groups (broad SMARTS) is 1. The third-order valence-electron chi connectivity index (χ3n) is 11.1. The number of hydrogen-bond acceptors (Lipinski definition) is 8. The molecular weight excluding hydrogens is 674 g/mol. The van der Waals surface area contributed by atoms with E-state index in [2.05, 4.69) is 14.7 Å². The van der Waals surface area contributed by atoms with Gasteiger partial charge in [-0.25, -0.2) is 9.18 Å². The van der Waals surface area contributed by atoms with Crippen molar-refractivity contribution in [3.8, 4) is 16.9 Å². The van der Waals surface area contributed by atoms with E-state index >= 15 is 4.39 Å². The third-order valence-corrected chi connectivity index (χ3v) is 11.7. The van der Waals surface area contributed by atoms with Crippen molar-refractivity contribution in [2.24, 2.45) is 0 Å². The van der Waals surface area contributed by atoms with Crippen LogP contribution in [-0.4, -0.2) is 103 Å². The Labute approximate surface area is 292 Å². The smallest absolute Gasteiger partial charge is 0.337 e. The molecule has 1 N–H and O–H groups in total. The van der Waals surface area contributed by atoms with Crippen molar-refractivity contribution >= 4 is 46.5 Å². The minimum Gasteiger partial charge on any atom is -0.478 e. The van der Waals surface area contributed by atoms with Crippen molar-refractivity contribution in [2.75, 3.05) is 56.0 Å².